The molecule has 2 aromatic carbocycles. The number of anilines is 1. The van der Waals surface area contributed by atoms with E-state index >= 15 is 0 Å². The summed E-state index contributed by atoms with van der Waals surface area (Å²) in [5, 5.41) is 3.92. The Labute approximate surface area is 119 Å². The largest absolute Gasteiger partial charge is 0.357 e. The summed E-state index contributed by atoms with van der Waals surface area (Å²) in [5.74, 6) is -1.66. The quantitative estimate of drug-likeness (QED) is 0.768. The molecule has 0 unspecified atom stereocenters. The predicted octanol–water partition coefficient (Wildman–Crippen LogP) is 4.50. The molecule has 1 heterocycles. The molecule has 0 aliphatic carbocycles. The highest BCUT2D eigenvalue weighted by Gasteiger charge is 2.06. The molecular weight excluding hydrogens is 278 g/mol. The topological polar surface area (TPSA) is 24.9 Å². The van der Waals surface area contributed by atoms with Gasteiger partial charge in [-0.25, -0.2) is 13.8 Å². The molecule has 0 aliphatic rings. The van der Waals surface area contributed by atoms with Crippen molar-refractivity contribution in [1.29, 1.82) is 0 Å². The number of aromatic nitrogens is 1. The van der Waals surface area contributed by atoms with Gasteiger partial charge in [0.25, 0.3) is 0 Å². The molecule has 0 aliphatic heterocycles. The number of halogens is 2. The Morgan fingerprint density at radius 3 is 2.75 bits per heavy atom. The number of nitrogens with zero attached hydrogens (tertiary/aromatic N) is 1. The molecule has 0 atom stereocenters. The molecule has 0 bridgehead atoms. The molecular formula is C15H12F2N2S. The van der Waals surface area contributed by atoms with Crippen molar-refractivity contribution in [1.82, 2.24) is 4.98 Å². The molecule has 1 aromatic heterocycles. The fourth-order valence-corrected chi connectivity index (χ4v) is 2.93. The van der Waals surface area contributed by atoms with Gasteiger partial charge in [-0.2, -0.15) is 0 Å². The van der Waals surface area contributed by atoms with E-state index in [4.69, 9.17) is 0 Å². The van der Waals surface area contributed by atoms with Crippen LogP contribution in [-0.4, -0.2) is 4.98 Å². The number of thiazole rings is 1. The maximum atomic E-state index is 13.1. The Morgan fingerprint density at radius 1 is 1.15 bits per heavy atom. The van der Waals surface area contributed by atoms with E-state index in [-0.39, 0.29) is 0 Å². The van der Waals surface area contributed by atoms with Crippen molar-refractivity contribution in [2.45, 2.75) is 13.5 Å². The zero-order chi connectivity index (χ0) is 14.1. The van der Waals surface area contributed by atoms with Crippen molar-refractivity contribution in [3.63, 3.8) is 0 Å². The van der Waals surface area contributed by atoms with Gasteiger partial charge < -0.3 is 5.32 Å². The van der Waals surface area contributed by atoms with Gasteiger partial charge in [0.15, 0.2) is 16.8 Å². The standard InChI is InChI=1S/C15H12F2N2S/c1-9-3-2-4-13-14(9)19-15(20-13)18-8-10-5-6-11(16)12(17)7-10/h2-7H,8H2,1H3,(H,18,19). The third-order valence-electron chi connectivity index (χ3n) is 3.05. The van der Waals surface area contributed by atoms with E-state index in [1.807, 2.05) is 25.1 Å². The Kier molecular flexibility index (Phi) is 3.36. The van der Waals surface area contributed by atoms with Crippen LogP contribution in [0.1, 0.15) is 11.1 Å². The summed E-state index contributed by atoms with van der Waals surface area (Å²) < 4.78 is 27.1. The van der Waals surface area contributed by atoms with E-state index in [1.165, 1.54) is 6.07 Å². The molecule has 3 rings (SSSR count). The third kappa shape index (κ3) is 2.49. The smallest absolute Gasteiger partial charge is 0.184 e. The Morgan fingerprint density at radius 2 is 2.00 bits per heavy atom. The van der Waals surface area contributed by atoms with E-state index in [1.54, 1.807) is 17.4 Å². The van der Waals surface area contributed by atoms with Gasteiger partial charge in [-0.15, -0.1) is 0 Å². The average molecular weight is 290 g/mol. The first-order valence-electron chi connectivity index (χ1n) is 6.17. The average Bonchev–Trinajstić information content (AvgIpc) is 2.85. The minimum absolute atomic E-state index is 0.413. The molecule has 0 amide bonds. The van der Waals surface area contributed by atoms with Crippen LogP contribution in [0.5, 0.6) is 0 Å². The van der Waals surface area contributed by atoms with Gasteiger partial charge in [-0.05, 0) is 36.2 Å². The van der Waals surface area contributed by atoms with Crippen LogP contribution in [0.2, 0.25) is 0 Å². The highest BCUT2D eigenvalue weighted by Crippen LogP contribution is 2.28. The second kappa shape index (κ2) is 5.17. The number of nitrogens with one attached hydrogen (secondary N) is 1. The zero-order valence-electron chi connectivity index (χ0n) is 10.8. The van der Waals surface area contributed by atoms with E-state index in [0.717, 1.165) is 27.0 Å². The Hall–Kier alpha value is -2.01. The first kappa shape index (κ1) is 13.0. The number of hydrogen-bond donors (Lipinski definition) is 1. The van der Waals surface area contributed by atoms with Crippen LogP contribution in [0.15, 0.2) is 36.4 Å². The van der Waals surface area contributed by atoms with Gasteiger partial charge in [0, 0.05) is 6.54 Å². The lowest BCUT2D eigenvalue weighted by Gasteiger charge is -2.03. The molecule has 2 nitrogen and oxygen atoms in total. The Balaban J connectivity index is 1.79. The van der Waals surface area contributed by atoms with Gasteiger partial charge in [0.1, 0.15) is 0 Å². The summed E-state index contributed by atoms with van der Waals surface area (Å²) in [6.07, 6.45) is 0. The molecule has 0 spiro atoms. The third-order valence-corrected chi connectivity index (χ3v) is 4.03. The van der Waals surface area contributed by atoms with E-state index in [0.29, 0.717) is 12.1 Å². The van der Waals surface area contributed by atoms with Crippen LogP contribution in [0.3, 0.4) is 0 Å². The highest BCUT2D eigenvalue weighted by molar-refractivity contribution is 7.22. The molecule has 1 N–H and O–H groups in total. The minimum Gasteiger partial charge on any atom is -0.357 e. The second-order valence-electron chi connectivity index (χ2n) is 4.54. The maximum Gasteiger partial charge on any atom is 0.184 e. The van der Waals surface area contributed by atoms with Crippen molar-refractivity contribution in [2.24, 2.45) is 0 Å². The summed E-state index contributed by atoms with van der Waals surface area (Å²) in [7, 11) is 0. The number of aryl methyl sites for hydroxylation is 1. The summed E-state index contributed by atoms with van der Waals surface area (Å²) in [6, 6.07) is 9.92. The monoisotopic (exact) mass is 290 g/mol. The maximum absolute atomic E-state index is 13.1. The van der Waals surface area contributed by atoms with Crippen LogP contribution in [0.25, 0.3) is 10.2 Å². The lowest BCUT2D eigenvalue weighted by atomic mass is 10.2. The molecule has 0 fully saturated rings. The van der Waals surface area contributed by atoms with Crippen molar-refractivity contribution < 1.29 is 8.78 Å². The van der Waals surface area contributed by atoms with Crippen LogP contribution in [-0.2, 0) is 6.54 Å². The molecule has 102 valence electrons. The number of para-hydroxylation sites is 1. The van der Waals surface area contributed by atoms with Crippen molar-refractivity contribution in [3.8, 4) is 0 Å². The minimum atomic E-state index is -0.829. The zero-order valence-corrected chi connectivity index (χ0v) is 11.6. The van der Waals surface area contributed by atoms with Crippen molar-refractivity contribution in [2.75, 3.05) is 5.32 Å². The van der Waals surface area contributed by atoms with Gasteiger partial charge in [-0.1, -0.05) is 29.5 Å². The first-order valence-corrected chi connectivity index (χ1v) is 6.99. The number of rotatable bonds is 3. The summed E-state index contributed by atoms with van der Waals surface area (Å²) in [5.41, 5.74) is 2.78. The van der Waals surface area contributed by atoms with E-state index < -0.39 is 11.6 Å². The molecule has 0 saturated heterocycles. The van der Waals surface area contributed by atoms with Crippen LogP contribution < -0.4 is 5.32 Å². The molecule has 20 heavy (non-hydrogen) atoms. The van der Waals surface area contributed by atoms with Gasteiger partial charge in [-0.3, -0.25) is 0 Å². The number of benzene rings is 2. The van der Waals surface area contributed by atoms with Crippen LogP contribution in [0.4, 0.5) is 13.9 Å². The van der Waals surface area contributed by atoms with Crippen molar-refractivity contribution >= 4 is 26.7 Å². The SMILES string of the molecule is Cc1cccc2sc(NCc3ccc(F)c(F)c3)nc12. The summed E-state index contributed by atoms with van der Waals surface area (Å²) in [4.78, 5) is 4.51. The van der Waals surface area contributed by atoms with E-state index in [9.17, 15) is 8.78 Å². The normalized spacial score (nSPS) is 10.9. The molecule has 0 saturated carbocycles. The second-order valence-corrected chi connectivity index (χ2v) is 5.57. The lowest BCUT2D eigenvalue weighted by Crippen LogP contribution is -2.00. The van der Waals surface area contributed by atoms with Crippen molar-refractivity contribution in [3.05, 3.63) is 59.2 Å². The number of hydrogen-bond acceptors (Lipinski definition) is 3. The molecule has 5 heteroatoms. The molecule has 3 aromatic rings. The number of fused-ring (bicyclic) bond motifs is 1. The summed E-state index contributed by atoms with van der Waals surface area (Å²) >= 11 is 1.55. The lowest BCUT2D eigenvalue weighted by molar-refractivity contribution is 0.507. The van der Waals surface area contributed by atoms with Crippen LogP contribution >= 0.6 is 11.3 Å². The predicted molar refractivity (Wildman–Crippen MR) is 78.0 cm³/mol. The van der Waals surface area contributed by atoms with Crippen LogP contribution in [0, 0.1) is 18.6 Å². The van der Waals surface area contributed by atoms with Gasteiger partial charge >= 0.3 is 0 Å². The summed E-state index contributed by atoms with van der Waals surface area (Å²) in [6.45, 7) is 2.43. The van der Waals surface area contributed by atoms with Gasteiger partial charge in [0.05, 0.1) is 10.2 Å². The fourth-order valence-electron chi connectivity index (χ4n) is 1.99. The fraction of sp³-hybridized carbons (Fsp3) is 0.133. The highest BCUT2D eigenvalue weighted by atomic mass is 32.1. The first-order chi connectivity index (χ1) is 9.63. The molecule has 0 radical (unpaired) electrons. The van der Waals surface area contributed by atoms with Gasteiger partial charge in [0.2, 0.25) is 0 Å². The Bertz CT molecular complexity index is 768. The van der Waals surface area contributed by atoms with E-state index in [2.05, 4.69) is 10.3 Å².